The number of benzene rings is 2. The van der Waals surface area contributed by atoms with Gasteiger partial charge in [-0.25, -0.2) is 4.39 Å². The molecule has 1 aliphatic heterocycles. The molecule has 1 N–H and O–H groups in total. The largest absolute Gasteiger partial charge is 0.374 e. The van der Waals surface area contributed by atoms with E-state index in [1.807, 2.05) is 12.1 Å². The molecule has 2 nitrogen and oxygen atoms in total. The fraction of sp³-hybridized carbons (Fsp3) is 0.250. The van der Waals surface area contributed by atoms with Crippen molar-refractivity contribution in [2.75, 3.05) is 23.8 Å². The smallest absolute Gasteiger partial charge is 0.146 e. The average Bonchev–Trinajstić information content (AvgIpc) is 2.42. The van der Waals surface area contributed by atoms with E-state index in [1.165, 1.54) is 23.7 Å². The van der Waals surface area contributed by atoms with Crippen molar-refractivity contribution in [3.05, 3.63) is 53.8 Å². The Balaban J connectivity index is 1.89. The second kappa shape index (κ2) is 4.92. The van der Waals surface area contributed by atoms with Gasteiger partial charge in [0.1, 0.15) is 5.82 Å². The minimum atomic E-state index is -0.225. The lowest BCUT2D eigenvalue weighted by molar-refractivity contribution is 0.632. The Hall–Kier alpha value is -2.03. The number of anilines is 3. The van der Waals surface area contributed by atoms with E-state index in [0.717, 1.165) is 18.7 Å². The molecule has 3 heteroatoms. The van der Waals surface area contributed by atoms with Gasteiger partial charge in [0.25, 0.3) is 0 Å². The SMILES string of the molecule is CN1CCCc2cc(Nc3ccccc3F)ccc21. The number of fused-ring (bicyclic) bond motifs is 1. The zero-order chi connectivity index (χ0) is 13.2. The molecule has 0 amide bonds. The van der Waals surface area contributed by atoms with Crippen molar-refractivity contribution < 1.29 is 4.39 Å². The molecule has 0 radical (unpaired) electrons. The fourth-order valence-corrected chi connectivity index (χ4v) is 2.58. The lowest BCUT2D eigenvalue weighted by atomic mass is 10.0. The van der Waals surface area contributed by atoms with Crippen molar-refractivity contribution in [1.29, 1.82) is 0 Å². The molecule has 0 saturated heterocycles. The zero-order valence-electron chi connectivity index (χ0n) is 11.0. The summed E-state index contributed by atoms with van der Waals surface area (Å²) >= 11 is 0. The standard InChI is InChI=1S/C16H17FN2/c1-19-10-4-5-12-11-13(8-9-16(12)19)18-15-7-3-2-6-14(15)17/h2-3,6-9,11,18H,4-5,10H2,1H3. The summed E-state index contributed by atoms with van der Waals surface area (Å²) in [6, 6.07) is 13.0. The van der Waals surface area contributed by atoms with E-state index in [4.69, 9.17) is 0 Å². The summed E-state index contributed by atoms with van der Waals surface area (Å²) in [5, 5.41) is 3.14. The van der Waals surface area contributed by atoms with Gasteiger partial charge in [0.15, 0.2) is 0 Å². The first-order valence-electron chi connectivity index (χ1n) is 6.59. The van der Waals surface area contributed by atoms with Crippen LogP contribution in [0, 0.1) is 5.82 Å². The Morgan fingerprint density at radius 2 is 2.00 bits per heavy atom. The maximum absolute atomic E-state index is 13.6. The van der Waals surface area contributed by atoms with Gasteiger partial charge in [-0.1, -0.05) is 12.1 Å². The van der Waals surface area contributed by atoms with E-state index in [1.54, 1.807) is 12.1 Å². The predicted octanol–water partition coefficient (Wildman–Crippen LogP) is 3.95. The van der Waals surface area contributed by atoms with Crippen LogP contribution in [0.2, 0.25) is 0 Å². The minimum absolute atomic E-state index is 0.225. The number of aryl methyl sites for hydroxylation is 1. The number of hydrogen-bond donors (Lipinski definition) is 1. The lowest BCUT2D eigenvalue weighted by Gasteiger charge is -2.28. The number of halogens is 1. The zero-order valence-corrected chi connectivity index (χ0v) is 11.0. The van der Waals surface area contributed by atoms with Gasteiger partial charge in [-0.3, -0.25) is 0 Å². The quantitative estimate of drug-likeness (QED) is 0.875. The summed E-state index contributed by atoms with van der Waals surface area (Å²) in [5.41, 5.74) is 4.08. The van der Waals surface area contributed by atoms with Gasteiger partial charge < -0.3 is 10.2 Å². The molecule has 2 aromatic rings. The highest BCUT2D eigenvalue weighted by Crippen LogP contribution is 2.30. The van der Waals surface area contributed by atoms with Gasteiger partial charge in [-0.05, 0) is 48.7 Å². The molecule has 0 aromatic heterocycles. The maximum Gasteiger partial charge on any atom is 0.146 e. The van der Waals surface area contributed by atoms with E-state index in [-0.39, 0.29) is 5.82 Å². The van der Waals surface area contributed by atoms with Gasteiger partial charge in [0.2, 0.25) is 0 Å². The van der Waals surface area contributed by atoms with Crippen LogP contribution in [0.4, 0.5) is 21.5 Å². The van der Waals surface area contributed by atoms with Crippen molar-refractivity contribution in [3.8, 4) is 0 Å². The topological polar surface area (TPSA) is 15.3 Å². The minimum Gasteiger partial charge on any atom is -0.374 e. The Kier molecular flexibility index (Phi) is 3.11. The Morgan fingerprint density at radius 1 is 1.16 bits per heavy atom. The number of hydrogen-bond acceptors (Lipinski definition) is 2. The molecule has 2 aromatic carbocycles. The van der Waals surface area contributed by atoms with E-state index in [9.17, 15) is 4.39 Å². The van der Waals surface area contributed by atoms with Gasteiger partial charge in [-0.15, -0.1) is 0 Å². The molecule has 0 unspecified atom stereocenters. The molecule has 98 valence electrons. The van der Waals surface area contributed by atoms with Crippen molar-refractivity contribution in [1.82, 2.24) is 0 Å². The van der Waals surface area contributed by atoms with Crippen molar-refractivity contribution in [2.45, 2.75) is 12.8 Å². The molecular formula is C16H17FN2. The highest BCUT2D eigenvalue weighted by atomic mass is 19.1. The molecule has 1 heterocycles. The van der Waals surface area contributed by atoms with Crippen LogP contribution < -0.4 is 10.2 Å². The second-order valence-corrected chi connectivity index (χ2v) is 4.97. The normalized spacial score (nSPS) is 14.1. The predicted molar refractivity (Wildman–Crippen MR) is 77.7 cm³/mol. The highest BCUT2D eigenvalue weighted by molar-refractivity contribution is 5.67. The molecule has 19 heavy (non-hydrogen) atoms. The first-order valence-corrected chi connectivity index (χ1v) is 6.59. The molecule has 0 aliphatic carbocycles. The molecule has 0 atom stereocenters. The van der Waals surface area contributed by atoms with Crippen LogP contribution in [0.1, 0.15) is 12.0 Å². The monoisotopic (exact) mass is 256 g/mol. The van der Waals surface area contributed by atoms with Crippen LogP contribution in [0.5, 0.6) is 0 Å². The van der Waals surface area contributed by atoms with Crippen LogP contribution in [-0.4, -0.2) is 13.6 Å². The molecule has 3 rings (SSSR count). The number of rotatable bonds is 2. The summed E-state index contributed by atoms with van der Waals surface area (Å²) in [6.07, 6.45) is 2.26. The third-order valence-electron chi connectivity index (χ3n) is 3.58. The summed E-state index contributed by atoms with van der Waals surface area (Å²) in [5.74, 6) is -0.225. The van der Waals surface area contributed by atoms with E-state index in [2.05, 4.69) is 29.4 Å². The summed E-state index contributed by atoms with van der Waals surface area (Å²) < 4.78 is 13.6. The first-order chi connectivity index (χ1) is 9.24. The highest BCUT2D eigenvalue weighted by Gasteiger charge is 2.13. The third kappa shape index (κ3) is 2.41. The van der Waals surface area contributed by atoms with Crippen LogP contribution in [0.15, 0.2) is 42.5 Å². The van der Waals surface area contributed by atoms with E-state index >= 15 is 0 Å². The van der Waals surface area contributed by atoms with Crippen molar-refractivity contribution in [3.63, 3.8) is 0 Å². The Morgan fingerprint density at radius 3 is 2.84 bits per heavy atom. The van der Waals surface area contributed by atoms with Gasteiger partial charge in [0.05, 0.1) is 5.69 Å². The van der Waals surface area contributed by atoms with Gasteiger partial charge >= 0.3 is 0 Å². The number of nitrogens with zero attached hydrogens (tertiary/aromatic N) is 1. The molecular weight excluding hydrogens is 239 g/mol. The maximum atomic E-state index is 13.6. The van der Waals surface area contributed by atoms with Gasteiger partial charge in [0, 0.05) is 25.0 Å². The van der Waals surface area contributed by atoms with Crippen molar-refractivity contribution in [2.24, 2.45) is 0 Å². The number of nitrogens with one attached hydrogen (secondary N) is 1. The number of para-hydroxylation sites is 1. The average molecular weight is 256 g/mol. The first kappa shape index (κ1) is 12.0. The van der Waals surface area contributed by atoms with Crippen LogP contribution in [0.25, 0.3) is 0 Å². The summed E-state index contributed by atoms with van der Waals surface area (Å²) in [7, 11) is 2.11. The Labute approximate surface area is 112 Å². The molecule has 0 spiro atoms. The molecule has 0 fully saturated rings. The second-order valence-electron chi connectivity index (χ2n) is 4.97. The van der Waals surface area contributed by atoms with Crippen LogP contribution >= 0.6 is 0 Å². The van der Waals surface area contributed by atoms with Crippen LogP contribution in [0.3, 0.4) is 0 Å². The molecule has 1 aliphatic rings. The fourth-order valence-electron chi connectivity index (χ4n) is 2.58. The lowest BCUT2D eigenvalue weighted by Crippen LogP contribution is -2.24. The summed E-state index contributed by atoms with van der Waals surface area (Å²) in [4.78, 5) is 2.27. The van der Waals surface area contributed by atoms with Gasteiger partial charge in [-0.2, -0.15) is 0 Å². The Bertz CT molecular complexity index is 595. The third-order valence-corrected chi connectivity index (χ3v) is 3.58. The van der Waals surface area contributed by atoms with Crippen LogP contribution in [-0.2, 0) is 6.42 Å². The van der Waals surface area contributed by atoms with E-state index in [0.29, 0.717) is 5.69 Å². The van der Waals surface area contributed by atoms with E-state index < -0.39 is 0 Å². The molecule has 0 bridgehead atoms. The van der Waals surface area contributed by atoms with Crippen molar-refractivity contribution >= 4 is 17.1 Å². The summed E-state index contributed by atoms with van der Waals surface area (Å²) in [6.45, 7) is 1.10. The molecule has 0 saturated carbocycles.